The van der Waals surface area contributed by atoms with E-state index in [2.05, 4.69) is 0 Å². The first-order valence-electron chi connectivity index (χ1n) is 9.42. The number of benzene rings is 1. The molecule has 1 aromatic carbocycles. The maximum absolute atomic E-state index is 12.0. The molecule has 182 valence electrons. The first-order valence-corrected chi connectivity index (χ1v) is 10.2. The molecule has 8 nitrogen and oxygen atoms in total. The molecule has 1 aromatic rings. The fourth-order valence-corrected chi connectivity index (χ4v) is 3.80. The minimum absolute atomic E-state index is 0.0743. The Labute approximate surface area is 192 Å². The summed E-state index contributed by atoms with van der Waals surface area (Å²) in [7, 11) is 3.86. The maximum Gasteiger partial charge on any atom is 0.490 e. The number of phenols is 1. The Balaban J connectivity index is 0.000000633. The topological polar surface area (TPSA) is 122 Å². The first-order chi connectivity index (χ1) is 14.7. The number of rotatable bonds is 5. The zero-order chi connectivity index (χ0) is 24.8. The number of carboxylic acids is 1. The number of aliphatic hydroxyl groups is 2. The Bertz CT molecular complexity index is 802. The molecule has 1 aliphatic rings. The lowest BCUT2D eigenvalue weighted by molar-refractivity contribution is -0.192. The van der Waals surface area contributed by atoms with Gasteiger partial charge in [-0.3, -0.25) is 4.79 Å². The van der Waals surface area contributed by atoms with Gasteiger partial charge in [-0.1, -0.05) is 23.2 Å². The number of aromatic hydroxyl groups is 1. The van der Waals surface area contributed by atoms with Crippen LogP contribution in [-0.2, 0) is 9.59 Å². The molecule has 1 fully saturated rings. The lowest BCUT2D eigenvalue weighted by Crippen LogP contribution is -2.46. The Kier molecular flexibility index (Phi) is 10.5. The van der Waals surface area contributed by atoms with Crippen molar-refractivity contribution in [1.82, 2.24) is 9.80 Å². The molecular weight excluding hydrogens is 480 g/mol. The van der Waals surface area contributed by atoms with Crippen LogP contribution in [-0.4, -0.2) is 88.2 Å². The quantitative estimate of drug-likeness (QED) is 0.486. The van der Waals surface area contributed by atoms with Gasteiger partial charge in [0.2, 0.25) is 0 Å². The highest BCUT2D eigenvalue weighted by Crippen LogP contribution is 2.41. The van der Waals surface area contributed by atoms with Gasteiger partial charge in [0, 0.05) is 30.8 Å². The van der Waals surface area contributed by atoms with E-state index in [4.69, 9.17) is 38.2 Å². The number of carbonyl (C=O) groups is 2. The summed E-state index contributed by atoms with van der Waals surface area (Å²) >= 11 is 12.1. The number of carboxylic acid groups (broad SMARTS) is 1. The highest BCUT2D eigenvalue weighted by atomic mass is 35.5. The number of piperidine rings is 1. The Morgan fingerprint density at radius 2 is 1.66 bits per heavy atom. The van der Waals surface area contributed by atoms with Gasteiger partial charge in [0.1, 0.15) is 5.75 Å². The van der Waals surface area contributed by atoms with Gasteiger partial charge in [-0.05, 0) is 38.9 Å². The van der Waals surface area contributed by atoms with Crippen molar-refractivity contribution in [1.29, 1.82) is 0 Å². The monoisotopic (exact) mass is 504 g/mol. The lowest BCUT2D eigenvalue weighted by Gasteiger charge is -2.39. The van der Waals surface area contributed by atoms with Gasteiger partial charge in [0.15, 0.2) is 6.10 Å². The zero-order valence-electron chi connectivity index (χ0n) is 17.3. The minimum atomic E-state index is -5.08. The van der Waals surface area contributed by atoms with Crippen LogP contribution in [0.1, 0.15) is 24.4 Å². The van der Waals surface area contributed by atoms with E-state index in [9.17, 15) is 28.2 Å². The number of aliphatic hydroxyl groups excluding tert-OH is 2. The molecule has 1 heterocycles. The first kappa shape index (κ1) is 28.2. The third-order valence-corrected chi connectivity index (χ3v) is 5.67. The number of hydrogen-bond acceptors (Lipinski definition) is 6. The summed E-state index contributed by atoms with van der Waals surface area (Å²) in [6, 6.07) is 3.07. The third-order valence-electron chi connectivity index (χ3n) is 4.94. The number of likely N-dealkylation sites (tertiary alicyclic amines) is 1. The fraction of sp³-hybridized carbons (Fsp3) is 0.579. The van der Waals surface area contributed by atoms with E-state index in [1.165, 1.54) is 6.07 Å². The van der Waals surface area contributed by atoms with Crippen molar-refractivity contribution >= 4 is 35.1 Å². The van der Waals surface area contributed by atoms with Gasteiger partial charge >= 0.3 is 12.1 Å². The molecule has 0 bridgehead atoms. The van der Waals surface area contributed by atoms with Crippen LogP contribution in [0.5, 0.6) is 5.75 Å². The van der Waals surface area contributed by atoms with Crippen molar-refractivity contribution in [3.8, 4) is 5.75 Å². The van der Waals surface area contributed by atoms with E-state index in [1.807, 2.05) is 19.0 Å². The van der Waals surface area contributed by atoms with Crippen LogP contribution in [0.25, 0.3) is 0 Å². The van der Waals surface area contributed by atoms with Crippen LogP contribution in [0.2, 0.25) is 10.0 Å². The van der Waals surface area contributed by atoms with E-state index in [-0.39, 0.29) is 17.7 Å². The van der Waals surface area contributed by atoms with E-state index in [0.29, 0.717) is 41.5 Å². The van der Waals surface area contributed by atoms with Crippen LogP contribution in [0, 0.1) is 5.92 Å². The van der Waals surface area contributed by atoms with Crippen molar-refractivity contribution in [2.45, 2.75) is 31.2 Å². The maximum atomic E-state index is 12.0. The largest absolute Gasteiger partial charge is 0.508 e. The average Bonchev–Trinajstić information content (AvgIpc) is 2.70. The predicted octanol–water partition coefficient (Wildman–Crippen LogP) is 2.53. The number of carbonyl (C=O) groups excluding carboxylic acids is 1. The summed E-state index contributed by atoms with van der Waals surface area (Å²) in [6.07, 6.45) is -5.01. The summed E-state index contributed by atoms with van der Waals surface area (Å²) in [5, 5.41) is 36.6. The van der Waals surface area contributed by atoms with Gasteiger partial charge in [-0.2, -0.15) is 13.2 Å². The van der Waals surface area contributed by atoms with Crippen LogP contribution >= 0.6 is 23.2 Å². The summed E-state index contributed by atoms with van der Waals surface area (Å²) in [6.45, 7) is 0.413. The summed E-state index contributed by atoms with van der Waals surface area (Å²) in [5.74, 6) is -2.90. The Hall–Kier alpha value is -1.79. The Morgan fingerprint density at radius 1 is 1.19 bits per heavy atom. The highest BCUT2D eigenvalue weighted by molar-refractivity contribution is 6.42. The molecule has 1 saturated heterocycles. The number of aliphatic carboxylic acids is 1. The molecule has 1 amide bonds. The molecule has 1 aliphatic heterocycles. The van der Waals surface area contributed by atoms with Crippen molar-refractivity contribution in [2.24, 2.45) is 5.92 Å². The number of amides is 1. The normalized spacial score (nSPS) is 16.9. The van der Waals surface area contributed by atoms with E-state index >= 15 is 0 Å². The molecule has 13 heteroatoms. The minimum Gasteiger partial charge on any atom is -0.508 e. The molecule has 2 rings (SSSR count). The number of hydrogen-bond donors (Lipinski definition) is 4. The van der Waals surface area contributed by atoms with E-state index in [0.717, 1.165) is 0 Å². The molecule has 0 saturated carbocycles. The summed E-state index contributed by atoms with van der Waals surface area (Å²) < 4.78 is 31.7. The average molecular weight is 505 g/mol. The summed E-state index contributed by atoms with van der Waals surface area (Å²) in [5.41, 5.74) is 0.708. The zero-order valence-corrected chi connectivity index (χ0v) is 18.8. The second-order valence-electron chi connectivity index (χ2n) is 7.40. The van der Waals surface area contributed by atoms with Crippen LogP contribution < -0.4 is 0 Å². The van der Waals surface area contributed by atoms with E-state index < -0.39 is 30.8 Å². The van der Waals surface area contributed by atoms with Crippen LogP contribution in [0.4, 0.5) is 13.2 Å². The van der Waals surface area contributed by atoms with Gasteiger partial charge in [-0.15, -0.1) is 0 Å². The number of nitrogens with zero attached hydrogens (tertiary/aromatic N) is 2. The molecule has 2 atom stereocenters. The van der Waals surface area contributed by atoms with Crippen LogP contribution in [0.3, 0.4) is 0 Å². The van der Waals surface area contributed by atoms with Gasteiger partial charge < -0.3 is 30.2 Å². The third kappa shape index (κ3) is 7.66. The highest BCUT2D eigenvalue weighted by Gasteiger charge is 2.38. The van der Waals surface area contributed by atoms with Crippen molar-refractivity contribution in [3.63, 3.8) is 0 Å². The molecule has 4 N–H and O–H groups in total. The van der Waals surface area contributed by atoms with Gasteiger partial charge in [0.25, 0.3) is 5.91 Å². The molecule has 0 aromatic heterocycles. The van der Waals surface area contributed by atoms with Crippen molar-refractivity contribution in [3.05, 3.63) is 27.7 Å². The molecule has 32 heavy (non-hydrogen) atoms. The SMILES string of the molecule is CN(C)C(c1cc(Cl)c(Cl)cc1O)C1CCN(C(=O)C(O)CO)CC1.O=C(O)C(F)(F)F. The predicted molar refractivity (Wildman–Crippen MR) is 111 cm³/mol. The smallest absolute Gasteiger partial charge is 0.490 e. The van der Waals surface area contributed by atoms with Crippen molar-refractivity contribution in [2.75, 3.05) is 33.8 Å². The Morgan fingerprint density at radius 3 is 2.06 bits per heavy atom. The van der Waals surface area contributed by atoms with Gasteiger partial charge in [0.05, 0.1) is 16.7 Å². The molecule has 2 unspecified atom stereocenters. The molecular formula is C19H25Cl2F3N2O6. The van der Waals surface area contributed by atoms with Crippen LogP contribution in [0.15, 0.2) is 12.1 Å². The molecule has 0 aliphatic carbocycles. The van der Waals surface area contributed by atoms with E-state index in [1.54, 1.807) is 11.0 Å². The summed E-state index contributed by atoms with van der Waals surface area (Å²) in [4.78, 5) is 24.5. The number of halogens is 5. The fourth-order valence-electron chi connectivity index (χ4n) is 3.47. The second-order valence-corrected chi connectivity index (χ2v) is 8.21. The van der Waals surface area contributed by atoms with Gasteiger partial charge in [-0.25, -0.2) is 4.79 Å². The number of alkyl halides is 3. The molecule has 0 spiro atoms. The van der Waals surface area contributed by atoms with Crippen molar-refractivity contribution < 1.29 is 43.2 Å². The lowest BCUT2D eigenvalue weighted by atomic mass is 9.84. The standard InChI is InChI=1S/C17H24Cl2N2O4.C2HF3O2/c1-20(2)16(11-7-12(18)13(19)8-14(11)23)10-3-5-21(6-4-10)17(25)15(24)9-22;3-2(4,5)1(6)7/h7-8,10,15-16,22-24H,3-6,9H2,1-2H3;(H,6,7). The number of phenolic OH excluding ortho intramolecular Hbond substituents is 1. The molecule has 0 radical (unpaired) electrons. The second kappa shape index (κ2) is 11.9.